The number of nitrogens with one attached hydrogen (secondary N) is 1. The van der Waals surface area contributed by atoms with Crippen LogP contribution in [-0.2, 0) is 9.53 Å². The largest absolute Gasteiger partial charge is 0.395 e. The predicted octanol–water partition coefficient (Wildman–Crippen LogP) is 0.764. The molecular weight excluding hydrogens is 244 g/mol. The number of rotatable bonds is 8. The average molecular weight is 272 g/mol. The number of aliphatic hydroxyl groups is 1. The Bertz CT molecular complexity index is 255. The van der Waals surface area contributed by atoms with Gasteiger partial charge in [0.15, 0.2) is 0 Å². The molecular formula is C14H28N2O3. The Morgan fingerprint density at radius 3 is 2.63 bits per heavy atom. The van der Waals surface area contributed by atoms with Gasteiger partial charge in [-0.15, -0.1) is 0 Å². The molecule has 0 aromatic carbocycles. The Balaban J connectivity index is 2.41. The number of hydrogen-bond donors (Lipinski definition) is 2. The van der Waals surface area contributed by atoms with Crippen LogP contribution in [0, 0.1) is 0 Å². The topological polar surface area (TPSA) is 61.8 Å². The normalized spacial score (nSPS) is 18.5. The molecule has 1 atom stereocenters. The second kappa shape index (κ2) is 9.28. The van der Waals surface area contributed by atoms with Gasteiger partial charge in [0.2, 0.25) is 5.91 Å². The first-order valence-electron chi connectivity index (χ1n) is 7.33. The van der Waals surface area contributed by atoms with Crippen LogP contribution >= 0.6 is 0 Å². The van der Waals surface area contributed by atoms with Crippen LogP contribution in [-0.4, -0.2) is 61.4 Å². The molecule has 0 spiro atoms. The third-order valence-electron chi connectivity index (χ3n) is 3.85. The number of carbonyl (C=O) groups excluding carboxylic acids is 1. The molecule has 1 unspecified atom stereocenters. The number of amides is 1. The highest BCUT2D eigenvalue weighted by molar-refractivity contribution is 5.81. The van der Waals surface area contributed by atoms with E-state index in [9.17, 15) is 4.79 Å². The van der Waals surface area contributed by atoms with Crippen molar-refractivity contribution in [3.63, 3.8) is 0 Å². The van der Waals surface area contributed by atoms with E-state index in [0.717, 1.165) is 12.8 Å². The van der Waals surface area contributed by atoms with Crippen molar-refractivity contribution in [1.29, 1.82) is 0 Å². The summed E-state index contributed by atoms with van der Waals surface area (Å²) in [6.07, 6.45) is 5.90. The second-order valence-electron chi connectivity index (χ2n) is 5.27. The van der Waals surface area contributed by atoms with E-state index in [-0.39, 0.29) is 18.6 Å². The van der Waals surface area contributed by atoms with Crippen LogP contribution in [0.4, 0.5) is 0 Å². The van der Waals surface area contributed by atoms with E-state index in [0.29, 0.717) is 25.7 Å². The van der Waals surface area contributed by atoms with Crippen LogP contribution in [0.3, 0.4) is 0 Å². The fourth-order valence-electron chi connectivity index (χ4n) is 2.57. The van der Waals surface area contributed by atoms with Crippen molar-refractivity contribution in [2.24, 2.45) is 0 Å². The highest BCUT2D eigenvalue weighted by Crippen LogP contribution is 2.17. The van der Waals surface area contributed by atoms with E-state index in [2.05, 4.69) is 5.32 Å². The Labute approximate surface area is 116 Å². The van der Waals surface area contributed by atoms with Gasteiger partial charge in [0.25, 0.3) is 0 Å². The number of carbonyl (C=O) groups is 1. The second-order valence-corrected chi connectivity index (χ2v) is 5.27. The average Bonchev–Trinajstić information content (AvgIpc) is 2.43. The minimum absolute atomic E-state index is 0.0603. The zero-order valence-corrected chi connectivity index (χ0v) is 12.2. The van der Waals surface area contributed by atoms with Gasteiger partial charge in [0.05, 0.1) is 19.3 Å². The summed E-state index contributed by atoms with van der Waals surface area (Å²) in [7, 11) is 1.64. The minimum Gasteiger partial charge on any atom is -0.395 e. The highest BCUT2D eigenvalue weighted by atomic mass is 16.5. The van der Waals surface area contributed by atoms with Crippen molar-refractivity contribution in [3.8, 4) is 0 Å². The van der Waals surface area contributed by atoms with Crippen LogP contribution in [0.5, 0.6) is 0 Å². The number of hydrogen-bond acceptors (Lipinski definition) is 4. The summed E-state index contributed by atoms with van der Waals surface area (Å²) in [6.45, 7) is 3.69. The van der Waals surface area contributed by atoms with Crippen molar-refractivity contribution in [2.45, 2.75) is 51.1 Å². The monoisotopic (exact) mass is 272 g/mol. The number of ether oxygens (including phenoxy) is 1. The molecule has 0 bridgehead atoms. The lowest BCUT2D eigenvalue weighted by atomic mass is 9.95. The van der Waals surface area contributed by atoms with E-state index in [4.69, 9.17) is 9.84 Å². The first-order chi connectivity index (χ1) is 9.19. The standard InChI is InChI=1S/C14H28N2O3/c1-12(16(8-10-17)9-11-19-2)14(18)15-13-6-4-3-5-7-13/h12-13,17H,3-11H2,1-2H3,(H,15,18). The van der Waals surface area contributed by atoms with Gasteiger partial charge < -0.3 is 15.2 Å². The van der Waals surface area contributed by atoms with E-state index >= 15 is 0 Å². The fraction of sp³-hybridized carbons (Fsp3) is 0.929. The maximum absolute atomic E-state index is 12.2. The quantitative estimate of drug-likeness (QED) is 0.685. The number of nitrogens with zero attached hydrogens (tertiary/aromatic N) is 1. The highest BCUT2D eigenvalue weighted by Gasteiger charge is 2.23. The van der Waals surface area contributed by atoms with Crippen LogP contribution in [0.2, 0.25) is 0 Å². The van der Waals surface area contributed by atoms with Crippen molar-refractivity contribution >= 4 is 5.91 Å². The summed E-state index contributed by atoms with van der Waals surface area (Å²) < 4.78 is 5.04. The lowest BCUT2D eigenvalue weighted by Gasteiger charge is -2.30. The molecule has 0 aliphatic heterocycles. The van der Waals surface area contributed by atoms with Crippen molar-refractivity contribution < 1.29 is 14.6 Å². The maximum Gasteiger partial charge on any atom is 0.237 e. The molecule has 0 aromatic heterocycles. The summed E-state index contributed by atoms with van der Waals surface area (Å²) >= 11 is 0. The van der Waals surface area contributed by atoms with Gasteiger partial charge in [-0.05, 0) is 19.8 Å². The van der Waals surface area contributed by atoms with E-state index < -0.39 is 0 Å². The van der Waals surface area contributed by atoms with Crippen molar-refractivity contribution in [1.82, 2.24) is 10.2 Å². The molecule has 0 heterocycles. The van der Waals surface area contributed by atoms with Crippen molar-refractivity contribution in [2.75, 3.05) is 33.4 Å². The van der Waals surface area contributed by atoms with Crippen LogP contribution in [0.1, 0.15) is 39.0 Å². The first-order valence-corrected chi connectivity index (χ1v) is 7.33. The van der Waals surface area contributed by atoms with E-state index in [1.54, 1.807) is 7.11 Å². The summed E-state index contributed by atoms with van der Waals surface area (Å²) in [5.41, 5.74) is 0. The Morgan fingerprint density at radius 2 is 2.05 bits per heavy atom. The molecule has 5 heteroatoms. The summed E-state index contributed by atoms with van der Waals surface area (Å²) in [5, 5.41) is 12.2. The third kappa shape index (κ3) is 5.89. The Hall–Kier alpha value is -0.650. The van der Waals surface area contributed by atoms with Gasteiger partial charge in [-0.1, -0.05) is 19.3 Å². The van der Waals surface area contributed by atoms with Crippen LogP contribution < -0.4 is 5.32 Å². The molecule has 1 aliphatic carbocycles. The summed E-state index contributed by atoms with van der Waals surface area (Å²) in [5.74, 6) is 0.0662. The fourth-order valence-corrected chi connectivity index (χ4v) is 2.57. The third-order valence-corrected chi connectivity index (χ3v) is 3.85. The van der Waals surface area contributed by atoms with Gasteiger partial charge in [-0.3, -0.25) is 9.69 Å². The molecule has 2 N–H and O–H groups in total. The molecule has 1 fully saturated rings. The molecule has 19 heavy (non-hydrogen) atoms. The van der Waals surface area contributed by atoms with Crippen molar-refractivity contribution in [3.05, 3.63) is 0 Å². The first kappa shape index (κ1) is 16.4. The minimum atomic E-state index is -0.218. The smallest absolute Gasteiger partial charge is 0.237 e. The SMILES string of the molecule is COCCN(CCO)C(C)C(=O)NC1CCCCC1. The van der Waals surface area contributed by atoms with Gasteiger partial charge in [-0.2, -0.15) is 0 Å². The van der Waals surface area contributed by atoms with Gasteiger partial charge in [-0.25, -0.2) is 0 Å². The van der Waals surface area contributed by atoms with E-state index in [1.807, 2.05) is 11.8 Å². The molecule has 0 radical (unpaired) electrons. The maximum atomic E-state index is 12.2. The Morgan fingerprint density at radius 1 is 1.37 bits per heavy atom. The molecule has 5 nitrogen and oxygen atoms in total. The summed E-state index contributed by atoms with van der Waals surface area (Å²) in [6, 6.07) is 0.117. The summed E-state index contributed by atoms with van der Waals surface area (Å²) in [4.78, 5) is 14.2. The lowest BCUT2D eigenvalue weighted by Crippen LogP contribution is -2.50. The predicted molar refractivity (Wildman–Crippen MR) is 75.0 cm³/mol. The van der Waals surface area contributed by atoms with Gasteiger partial charge in [0.1, 0.15) is 0 Å². The van der Waals surface area contributed by atoms with Crippen LogP contribution in [0.25, 0.3) is 0 Å². The molecule has 1 amide bonds. The number of methoxy groups -OCH3 is 1. The molecule has 1 aliphatic rings. The molecule has 112 valence electrons. The van der Waals surface area contributed by atoms with E-state index in [1.165, 1.54) is 19.3 Å². The molecule has 0 aromatic rings. The van der Waals surface area contributed by atoms with Gasteiger partial charge in [0, 0.05) is 26.2 Å². The van der Waals surface area contributed by atoms with Crippen LogP contribution in [0.15, 0.2) is 0 Å². The van der Waals surface area contributed by atoms with Gasteiger partial charge >= 0.3 is 0 Å². The molecule has 1 saturated carbocycles. The molecule has 0 saturated heterocycles. The zero-order chi connectivity index (χ0) is 14.1. The lowest BCUT2D eigenvalue weighted by molar-refractivity contribution is -0.127. The zero-order valence-electron chi connectivity index (χ0n) is 12.2. The molecule has 1 rings (SSSR count). The number of aliphatic hydroxyl groups excluding tert-OH is 1. The Kier molecular flexibility index (Phi) is 8.02.